The summed E-state index contributed by atoms with van der Waals surface area (Å²) in [5, 5.41) is 2.45. The first-order valence-corrected chi connectivity index (χ1v) is 5.71. The lowest BCUT2D eigenvalue weighted by Crippen LogP contribution is -2.02. The van der Waals surface area contributed by atoms with E-state index in [1.807, 2.05) is 36.4 Å². The maximum absolute atomic E-state index is 11.5. The van der Waals surface area contributed by atoms with Crippen LogP contribution in [-0.4, -0.2) is 19.0 Å². The zero-order valence-electron chi connectivity index (χ0n) is 8.03. The van der Waals surface area contributed by atoms with Gasteiger partial charge in [0.25, 0.3) is 0 Å². The molecule has 0 aliphatic heterocycles. The maximum Gasteiger partial charge on any atom is 0.173 e. The van der Waals surface area contributed by atoms with Crippen molar-refractivity contribution in [2.45, 2.75) is 0 Å². The van der Waals surface area contributed by atoms with E-state index in [1.54, 1.807) is 0 Å². The number of hydrogen-bond donors (Lipinski definition) is 0. The highest BCUT2D eigenvalue weighted by molar-refractivity contribution is 9.09. The Morgan fingerprint density at radius 1 is 1.13 bits per heavy atom. The number of Topliss-reactive ketones (excluding diaryl/α,β-unsaturated/α-hetero) is 1. The molecule has 0 spiro atoms. The molecule has 0 unspecified atom stereocenters. The minimum atomic E-state index is 0.0914. The van der Waals surface area contributed by atoms with Crippen LogP contribution in [-0.2, 0) is 0 Å². The SMILES string of the molecule is [B]c1ccc2cc(C(=O)CBr)ccc2c1. The largest absolute Gasteiger partial charge is 0.293 e. The molecule has 0 fully saturated rings. The maximum atomic E-state index is 11.5. The zero-order chi connectivity index (χ0) is 10.8. The standard InChI is InChI=1S/C12H8BBrO/c13-11-4-3-8-5-10(12(15)7-14)2-1-9(8)6-11/h1-6H,7H2. The van der Waals surface area contributed by atoms with Crippen LogP contribution < -0.4 is 5.46 Å². The first-order chi connectivity index (χ1) is 7.20. The third-order valence-electron chi connectivity index (χ3n) is 2.31. The average Bonchev–Trinajstić information content (AvgIpc) is 2.27. The van der Waals surface area contributed by atoms with Crippen molar-refractivity contribution in [2.75, 3.05) is 5.33 Å². The zero-order valence-corrected chi connectivity index (χ0v) is 9.62. The molecule has 0 aliphatic rings. The Morgan fingerprint density at radius 2 is 1.80 bits per heavy atom. The van der Waals surface area contributed by atoms with Crippen LogP contribution in [0.15, 0.2) is 36.4 Å². The van der Waals surface area contributed by atoms with Crippen LogP contribution in [0, 0.1) is 0 Å². The molecule has 0 saturated carbocycles. The number of carbonyl (C=O) groups excluding carboxylic acids is 1. The number of hydrogen-bond acceptors (Lipinski definition) is 1. The Bertz CT molecular complexity index is 522. The number of halogens is 1. The minimum Gasteiger partial charge on any atom is -0.293 e. The van der Waals surface area contributed by atoms with Crippen LogP contribution in [0.5, 0.6) is 0 Å². The molecule has 3 heteroatoms. The summed E-state index contributed by atoms with van der Waals surface area (Å²) >= 11 is 3.16. The van der Waals surface area contributed by atoms with Gasteiger partial charge in [-0.25, -0.2) is 0 Å². The van der Waals surface area contributed by atoms with E-state index in [-0.39, 0.29) is 5.78 Å². The summed E-state index contributed by atoms with van der Waals surface area (Å²) < 4.78 is 0. The molecule has 1 nitrogen and oxygen atoms in total. The molecule has 0 amide bonds. The number of ketones is 1. The van der Waals surface area contributed by atoms with Gasteiger partial charge >= 0.3 is 0 Å². The topological polar surface area (TPSA) is 17.1 Å². The van der Waals surface area contributed by atoms with Gasteiger partial charge < -0.3 is 0 Å². The molecule has 2 rings (SSSR count). The monoisotopic (exact) mass is 258 g/mol. The van der Waals surface area contributed by atoms with Gasteiger partial charge in [0.2, 0.25) is 0 Å². The van der Waals surface area contributed by atoms with Crippen molar-refractivity contribution in [3.8, 4) is 0 Å². The predicted octanol–water partition coefficient (Wildman–Crippen LogP) is 2.21. The summed E-state index contributed by atoms with van der Waals surface area (Å²) in [7, 11) is 5.67. The van der Waals surface area contributed by atoms with Crippen molar-refractivity contribution in [1.29, 1.82) is 0 Å². The van der Waals surface area contributed by atoms with Crippen LogP contribution in [0.2, 0.25) is 0 Å². The molecule has 0 bridgehead atoms. The molecule has 0 N–H and O–H groups in total. The molecule has 2 radical (unpaired) electrons. The van der Waals surface area contributed by atoms with E-state index in [9.17, 15) is 4.79 Å². The summed E-state index contributed by atoms with van der Waals surface area (Å²) in [5.74, 6) is 0.0914. The lowest BCUT2D eigenvalue weighted by Gasteiger charge is -2.02. The first kappa shape index (κ1) is 10.4. The number of carbonyl (C=O) groups is 1. The Hall–Kier alpha value is -1.09. The molecule has 0 atom stereocenters. The van der Waals surface area contributed by atoms with Gasteiger partial charge in [0, 0.05) is 5.56 Å². The van der Waals surface area contributed by atoms with Crippen LogP contribution in [0.3, 0.4) is 0 Å². The van der Waals surface area contributed by atoms with Gasteiger partial charge in [-0.2, -0.15) is 0 Å². The summed E-state index contributed by atoms with van der Waals surface area (Å²) in [4.78, 5) is 11.5. The third-order valence-corrected chi connectivity index (χ3v) is 2.82. The summed E-state index contributed by atoms with van der Waals surface area (Å²) in [6.45, 7) is 0. The van der Waals surface area contributed by atoms with Gasteiger partial charge in [-0.15, -0.1) is 0 Å². The van der Waals surface area contributed by atoms with E-state index in [0.29, 0.717) is 5.33 Å². The second-order valence-electron chi connectivity index (χ2n) is 3.38. The second kappa shape index (κ2) is 4.19. The smallest absolute Gasteiger partial charge is 0.173 e. The Labute approximate surface area is 98.0 Å². The van der Waals surface area contributed by atoms with E-state index in [2.05, 4.69) is 15.9 Å². The molecule has 2 aromatic carbocycles. The van der Waals surface area contributed by atoms with Gasteiger partial charge in [-0.3, -0.25) is 4.79 Å². The van der Waals surface area contributed by atoms with Gasteiger partial charge in [0.15, 0.2) is 5.78 Å². The third kappa shape index (κ3) is 2.12. The molecule has 72 valence electrons. The fraction of sp³-hybridized carbons (Fsp3) is 0.0833. The Balaban J connectivity index is 2.57. The van der Waals surface area contributed by atoms with Crippen molar-refractivity contribution in [2.24, 2.45) is 0 Å². The minimum absolute atomic E-state index is 0.0914. The van der Waals surface area contributed by atoms with Crippen LogP contribution in [0.4, 0.5) is 0 Å². The Morgan fingerprint density at radius 3 is 2.53 bits per heavy atom. The summed E-state index contributed by atoms with van der Waals surface area (Å²) in [6.07, 6.45) is 0. The van der Waals surface area contributed by atoms with Crippen molar-refractivity contribution in [3.05, 3.63) is 42.0 Å². The summed E-state index contributed by atoms with van der Waals surface area (Å²) in [6, 6.07) is 11.3. The van der Waals surface area contributed by atoms with Crippen LogP contribution >= 0.6 is 15.9 Å². The highest BCUT2D eigenvalue weighted by Crippen LogP contribution is 2.15. The molecule has 0 heterocycles. The van der Waals surface area contributed by atoms with Gasteiger partial charge in [0.05, 0.1) is 5.33 Å². The molecule has 0 aromatic heterocycles. The fourth-order valence-corrected chi connectivity index (χ4v) is 1.84. The average molecular weight is 259 g/mol. The number of rotatable bonds is 2. The van der Waals surface area contributed by atoms with Crippen molar-refractivity contribution < 1.29 is 4.79 Å². The molecular weight excluding hydrogens is 251 g/mol. The number of alkyl halides is 1. The molecule has 0 saturated heterocycles. The number of fused-ring (bicyclic) bond motifs is 1. The quantitative estimate of drug-likeness (QED) is 0.459. The van der Waals surface area contributed by atoms with E-state index in [0.717, 1.165) is 21.8 Å². The molecule has 0 aliphatic carbocycles. The normalized spacial score (nSPS) is 10.5. The summed E-state index contributed by atoms with van der Waals surface area (Å²) in [5.41, 5.74) is 1.46. The highest BCUT2D eigenvalue weighted by Gasteiger charge is 2.04. The predicted molar refractivity (Wildman–Crippen MR) is 67.5 cm³/mol. The highest BCUT2D eigenvalue weighted by atomic mass is 79.9. The van der Waals surface area contributed by atoms with E-state index in [4.69, 9.17) is 7.85 Å². The molecule has 2 aromatic rings. The number of benzene rings is 2. The van der Waals surface area contributed by atoms with E-state index >= 15 is 0 Å². The van der Waals surface area contributed by atoms with Crippen molar-refractivity contribution in [3.63, 3.8) is 0 Å². The molecular formula is C12H8BBrO. The van der Waals surface area contributed by atoms with E-state index in [1.165, 1.54) is 0 Å². The fourth-order valence-electron chi connectivity index (χ4n) is 1.51. The Kier molecular flexibility index (Phi) is 2.92. The van der Waals surface area contributed by atoms with Crippen LogP contribution in [0.25, 0.3) is 10.8 Å². The van der Waals surface area contributed by atoms with Crippen LogP contribution in [0.1, 0.15) is 10.4 Å². The second-order valence-corrected chi connectivity index (χ2v) is 3.94. The molecule has 15 heavy (non-hydrogen) atoms. The lowest BCUT2D eigenvalue weighted by atomic mass is 9.93. The lowest BCUT2D eigenvalue weighted by molar-refractivity contribution is 0.102. The van der Waals surface area contributed by atoms with E-state index < -0.39 is 0 Å². The van der Waals surface area contributed by atoms with Gasteiger partial charge in [-0.05, 0) is 16.8 Å². The van der Waals surface area contributed by atoms with Crippen molar-refractivity contribution in [1.82, 2.24) is 0 Å². The first-order valence-electron chi connectivity index (χ1n) is 4.59. The van der Waals surface area contributed by atoms with Crippen molar-refractivity contribution >= 4 is 45.8 Å². The van der Waals surface area contributed by atoms with Gasteiger partial charge in [-0.1, -0.05) is 51.7 Å². The van der Waals surface area contributed by atoms with Gasteiger partial charge in [0.1, 0.15) is 7.85 Å².